The maximum atomic E-state index is 11.2. The molecule has 3 N–H and O–H groups in total. The molecule has 2 aromatic carbocycles. The largest absolute Gasteiger partial charge is 0.692 e. The summed E-state index contributed by atoms with van der Waals surface area (Å²) < 4.78 is 14.3. The molecule has 0 amide bonds. The highest BCUT2D eigenvalue weighted by molar-refractivity contribution is 7.30. The van der Waals surface area contributed by atoms with Crippen LogP contribution in [0.3, 0.4) is 0 Å². The average molecular weight is 447 g/mol. The van der Waals surface area contributed by atoms with E-state index in [-0.39, 0.29) is 33.6 Å². The SMILES string of the molecule is CC(C)(C)Nc1cc(Oc2ccc(Cl)cc2[N+](=O)[O-])ccc1[N+](=O)[O-].O=[P+](O)O. The Morgan fingerprint density at radius 3 is 2.07 bits per heavy atom. The molecule has 13 heteroatoms. The Morgan fingerprint density at radius 1 is 1.03 bits per heavy atom. The molecule has 0 radical (unpaired) electrons. The lowest BCUT2D eigenvalue weighted by atomic mass is 10.1. The number of hydrogen-bond acceptors (Lipinski definition) is 7. The molecule has 0 aliphatic carbocycles. The van der Waals surface area contributed by atoms with Crippen LogP contribution in [-0.2, 0) is 4.57 Å². The molecule has 156 valence electrons. The topological polar surface area (TPSA) is 165 Å². The van der Waals surface area contributed by atoms with Gasteiger partial charge in [-0.2, -0.15) is 0 Å². The fraction of sp³-hybridized carbons (Fsp3) is 0.250. The number of ether oxygens (including phenoxy) is 1. The van der Waals surface area contributed by atoms with Gasteiger partial charge in [0.1, 0.15) is 11.4 Å². The number of nitrogens with zero attached hydrogens (tertiary/aromatic N) is 2. The third kappa shape index (κ3) is 8.36. The van der Waals surface area contributed by atoms with Crippen molar-refractivity contribution in [3.8, 4) is 11.5 Å². The van der Waals surface area contributed by atoms with Crippen molar-refractivity contribution in [1.29, 1.82) is 0 Å². The Balaban J connectivity index is 0.000000960. The zero-order valence-corrected chi connectivity index (χ0v) is 17.2. The number of benzene rings is 2. The van der Waals surface area contributed by atoms with E-state index in [2.05, 4.69) is 5.32 Å². The summed E-state index contributed by atoms with van der Waals surface area (Å²) in [7, 11) is -2.87. The molecule has 0 atom stereocenters. The van der Waals surface area contributed by atoms with Gasteiger partial charge in [0.05, 0.1) is 9.85 Å². The zero-order chi connectivity index (χ0) is 22.4. The van der Waals surface area contributed by atoms with Crippen LogP contribution in [0.1, 0.15) is 20.8 Å². The summed E-state index contributed by atoms with van der Waals surface area (Å²) in [6.07, 6.45) is 0. The number of anilines is 1. The van der Waals surface area contributed by atoms with Crippen LogP contribution in [0.4, 0.5) is 17.1 Å². The van der Waals surface area contributed by atoms with Gasteiger partial charge in [0.2, 0.25) is 5.75 Å². The molecule has 2 aromatic rings. The van der Waals surface area contributed by atoms with Gasteiger partial charge in [0, 0.05) is 33.3 Å². The summed E-state index contributed by atoms with van der Waals surface area (Å²) in [5, 5.41) is 25.5. The normalized spacial score (nSPS) is 10.4. The standard InChI is InChI=1S/C16H16ClN3O5.HO3P/c1-16(2,3)18-12-9-11(5-6-13(12)19(21)22)25-15-7-4-10(17)8-14(15)20(23)24;1-4(2)3/h4-9,18H,1-3H3;(H-,1,2,3)/p+1. The first kappa shape index (κ1) is 24.2. The van der Waals surface area contributed by atoms with Crippen molar-refractivity contribution < 1.29 is 28.9 Å². The van der Waals surface area contributed by atoms with Gasteiger partial charge in [-0.3, -0.25) is 20.2 Å². The Hall–Kier alpha value is -2.85. The van der Waals surface area contributed by atoms with E-state index in [1.165, 1.54) is 36.4 Å². The fourth-order valence-electron chi connectivity index (χ4n) is 2.09. The lowest BCUT2D eigenvalue weighted by molar-refractivity contribution is -0.385. The minimum Gasteiger partial charge on any atom is -0.450 e. The minimum atomic E-state index is -2.87. The highest BCUT2D eigenvalue weighted by Crippen LogP contribution is 2.37. The van der Waals surface area contributed by atoms with E-state index in [1.54, 1.807) is 0 Å². The predicted octanol–water partition coefficient (Wildman–Crippen LogP) is 4.79. The van der Waals surface area contributed by atoms with E-state index in [9.17, 15) is 20.2 Å². The van der Waals surface area contributed by atoms with Crippen LogP contribution >= 0.6 is 19.9 Å². The average Bonchev–Trinajstić information content (AvgIpc) is 2.54. The fourth-order valence-corrected chi connectivity index (χ4v) is 2.25. The molecule has 0 saturated carbocycles. The maximum absolute atomic E-state index is 11.2. The van der Waals surface area contributed by atoms with Crippen LogP contribution in [0.25, 0.3) is 0 Å². The van der Waals surface area contributed by atoms with Crippen LogP contribution < -0.4 is 10.1 Å². The molecule has 0 aliphatic rings. The van der Waals surface area contributed by atoms with Crippen LogP contribution in [0.5, 0.6) is 11.5 Å². The lowest BCUT2D eigenvalue weighted by Gasteiger charge is -2.22. The first-order valence-corrected chi connectivity index (χ1v) is 9.38. The van der Waals surface area contributed by atoms with Gasteiger partial charge in [-0.1, -0.05) is 11.6 Å². The Bertz CT molecular complexity index is 929. The smallest absolute Gasteiger partial charge is 0.450 e. The van der Waals surface area contributed by atoms with Gasteiger partial charge in [-0.15, -0.1) is 9.79 Å². The van der Waals surface area contributed by atoms with Crippen LogP contribution in [0.15, 0.2) is 36.4 Å². The van der Waals surface area contributed by atoms with Crippen molar-refractivity contribution in [3.63, 3.8) is 0 Å². The highest BCUT2D eigenvalue weighted by atomic mass is 35.5. The van der Waals surface area contributed by atoms with E-state index in [1.807, 2.05) is 20.8 Å². The second kappa shape index (κ2) is 10.1. The number of halogens is 1. The van der Waals surface area contributed by atoms with Crippen molar-refractivity contribution in [3.05, 3.63) is 61.6 Å². The summed E-state index contributed by atoms with van der Waals surface area (Å²) >= 11 is 5.77. The summed E-state index contributed by atoms with van der Waals surface area (Å²) in [6, 6.07) is 8.11. The first-order chi connectivity index (χ1) is 13.3. The van der Waals surface area contributed by atoms with Gasteiger partial charge in [-0.25, -0.2) is 0 Å². The highest BCUT2D eigenvalue weighted by Gasteiger charge is 2.21. The maximum Gasteiger partial charge on any atom is 0.692 e. The molecule has 0 unspecified atom stereocenters. The van der Waals surface area contributed by atoms with Gasteiger partial charge >= 0.3 is 13.9 Å². The molecule has 0 saturated heterocycles. The van der Waals surface area contributed by atoms with Crippen molar-refractivity contribution >= 4 is 36.9 Å². The van der Waals surface area contributed by atoms with E-state index >= 15 is 0 Å². The molecule has 0 bridgehead atoms. The van der Waals surface area contributed by atoms with Crippen molar-refractivity contribution in [2.45, 2.75) is 26.3 Å². The molecular formula is C16H18ClN3O8P+. The molecule has 29 heavy (non-hydrogen) atoms. The molecule has 0 heterocycles. The molecule has 0 aromatic heterocycles. The molecule has 0 aliphatic heterocycles. The predicted molar refractivity (Wildman–Crippen MR) is 107 cm³/mol. The van der Waals surface area contributed by atoms with Gasteiger partial charge in [0.15, 0.2) is 0 Å². The number of rotatable bonds is 5. The van der Waals surface area contributed by atoms with Crippen LogP contribution in [0, 0.1) is 20.2 Å². The molecule has 11 nitrogen and oxygen atoms in total. The Kier molecular flexibility index (Phi) is 8.41. The third-order valence-electron chi connectivity index (χ3n) is 3.02. The second-order valence-electron chi connectivity index (χ2n) is 6.54. The van der Waals surface area contributed by atoms with Gasteiger partial charge in [-0.05, 0) is 39.0 Å². The number of hydrogen-bond donors (Lipinski definition) is 3. The van der Waals surface area contributed by atoms with Crippen molar-refractivity contribution in [1.82, 2.24) is 0 Å². The molecule has 2 rings (SSSR count). The third-order valence-corrected chi connectivity index (χ3v) is 3.25. The second-order valence-corrected chi connectivity index (χ2v) is 7.48. The van der Waals surface area contributed by atoms with E-state index in [4.69, 9.17) is 30.7 Å². The number of nitro groups is 2. The zero-order valence-electron chi connectivity index (χ0n) is 15.5. The van der Waals surface area contributed by atoms with Crippen molar-refractivity contribution in [2.75, 3.05) is 5.32 Å². The van der Waals surface area contributed by atoms with Gasteiger partial charge in [0.25, 0.3) is 5.69 Å². The summed E-state index contributed by atoms with van der Waals surface area (Å²) in [5.74, 6) is 0.215. The van der Waals surface area contributed by atoms with Gasteiger partial charge < -0.3 is 10.1 Å². The number of nitrogens with one attached hydrogen (secondary N) is 1. The molecule has 0 fully saturated rings. The van der Waals surface area contributed by atoms with Crippen molar-refractivity contribution in [2.24, 2.45) is 0 Å². The Morgan fingerprint density at radius 2 is 1.59 bits per heavy atom. The first-order valence-electron chi connectivity index (χ1n) is 7.83. The van der Waals surface area contributed by atoms with Crippen LogP contribution in [0.2, 0.25) is 5.02 Å². The molecular weight excluding hydrogens is 429 g/mol. The van der Waals surface area contributed by atoms with E-state index in [0.29, 0.717) is 0 Å². The van der Waals surface area contributed by atoms with E-state index < -0.39 is 23.6 Å². The summed E-state index contributed by atoms with van der Waals surface area (Å²) in [5.41, 5.74) is -0.578. The Labute approximate surface area is 171 Å². The quantitative estimate of drug-likeness (QED) is 0.332. The van der Waals surface area contributed by atoms with E-state index in [0.717, 1.165) is 0 Å². The summed E-state index contributed by atoms with van der Waals surface area (Å²) in [4.78, 5) is 35.4. The monoisotopic (exact) mass is 446 g/mol. The minimum absolute atomic E-state index is 0.00929. The lowest BCUT2D eigenvalue weighted by Crippen LogP contribution is -2.26. The van der Waals surface area contributed by atoms with Crippen LogP contribution in [-0.4, -0.2) is 25.2 Å². The summed E-state index contributed by atoms with van der Waals surface area (Å²) in [6.45, 7) is 5.57. The molecule has 0 spiro atoms. The number of nitro benzene ring substituents is 2.